The minimum absolute atomic E-state index is 0. The van der Waals surface area contributed by atoms with Gasteiger partial charge in [-0.2, -0.15) is 0 Å². The van der Waals surface area contributed by atoms with Crippen molar-refractivity contribution in [2.75, 3.05) is 38.4 Å². The van der Waals surface area contributed by atoms with Crippen molar-refractivity contribution in [3.63, 3.8) is 0 Å². The lowest BCUT2D eigenvalue weighted by Gasteiger charge is -2.15. The Hall–Kier alpha value is -1.90. The van der Waals surface area contributed by atoms with E-state index in [1.807, 2.05) is 0 Å². The number of alkyl carbamates (subject to hydrolysis) is 1. The molecule has 0 saturated heterocycles. The lowest BCUT2D eigenvalue weighted by molar-refractivity contribution is -0.116. The first kappa shape index (κ1) is 20.1. The Labute approximate surface area is 140 Å². The number of hydrogen-bond acceptors (Lipinski definition) is 5. The van der Waals surface area contributed by atoms with E-state index in [0.717, 1.165) is 0 Å². The standard InChI is InChI=1S/C13H18N4O3S.ClH/c1-17(2)8-11(18)14-9-6-4-5-7-10(9)15-12(21)16-13(19)20-3;/h4-7H,8H2,1-3H3,(H,14,18)(H2,15,16,19,21);1H. The van der Waals surface area contributed by atoms with Gasteiger partial charge in [-0.1, -0.05) is 12.1 Å². The van der Waals surface area contributed by atoms with Crippen molar-refractivity contribution < 1.29 is 14.3 Å². The second-order valence-corrected chi connectivity index (χ2v) is 4.81. The topological polar surface area (TPSA) is 82.7 Å². The predicted molar refractivity (Wildman–Crippen MR) is 92.6 cm³/mol. The summed E-state index contributed by atoms with van der Waals surface area (Å²) in [4.78, 5) is 24.6. The number of nitrogens with zero attached hydrogens (tertiary/aromatic N) is 1. The molecule has 0 atom stereocenters. The Kier molecular flexibility index (Phi) is 9.07. The van der Waals surface area contributed by atoms with Crippen molar-refractivity contribution in [2.24, 2.45) is 0 Å². The molecule has 1 rings (SSSR count). The predicted octanol–water partition coefficient (Wildman–Crippen LogP) is 1.66. The van der Waals surface area contributed by atoms with Crippen LogP contribution in [0.15, 0.2) is 24.3 Å². The number of para-hydroxylation sites is 2. The average Bonchev–Trinajstić information content (AvgIpc) is 2.39. The molecule has 0 unspecified atom stereocenters. The average molecular weight is 347 g/mol. The van der Waals surface area contributed by atoms with Crippen LogP contribution in [0.2, 0.25) is 0 Å². The molecule has 0 radical (unpaired) electrons. The normalized spacial score (nSPS) is 9.45. The fourth-order valence-electron chi connectivity index (χ4n) is 1.48. The molecule has 0 bridgehead atoms. The van der Waals surface area contributed by atoms with E-state index in [1.54, 1.807) is 43.3 Å². The minimum Gasteiger partial charge on any atom is -0.453 e. The SMILES string of the molecule is COC(=O)NC(=S)Nc1ccccc1NC(=O)CN(C)C.Cl. The maximum atomic E-state index is 11.8. The van der Waals surface area contributed by atoms with E-state index in [9.17, 15) is 9.59 Å². The summed E-state index contributed by atoms with van der Waals surface area (Å²) in [6.45, 7) is 0.263. The van der Waals surface area contributed by atoms with E-state index in [2.05, 4.69) is 20.7 Å². The lowest BCUT2D eigenvalue weighted by Crippen LogP contribution is -2.34. The third kappa shape index (κ3) is 7.21. The number of ether oxygens (including phenoxy) is 1. The first-order valence-corrected chi connectivity index (χ1v) is 6.52. The molecule has 0 spiro atoms. The smallest absolute Gasteiger partial charge is 0.413 e. The molecule has 0 aromatic heterocycles. The molecule has 1 aromatic carbocycles. The van der Waals surface area contributed by atoms with E-state index in [1.165, 1.54) is 7.11 Å². The number of carbonyl (C=O) groups is 2. The fourth-order valence-corrected chi connectivity index (χ4v) is 1.67. The number of thiocarbonyl (C=S) groups is 1. The summed E-state index contributed by atoms with van der Waals surface area (Å²) < 4.78 is 4.44. The molecular formula is C13H19ClN4O3S. The Morgan fingerprint density at radius 2 is 1.73 bits per heavy atom. The summed E-state index contributed by atoms with van der Waals surface area (Å²) >= 11 is 4.98. The number of benzene rings is 1. The van der Waals surface area contributed by atoms with Crippen LogP contribution in [0.3, 0.4) is 0 Å². The van der Waals surface area contributed by atoms with Crippen LogP contribution in [-0.4, -0.2) is 49.8 Å². The number of hydrogen-bond donors (Lipinski definition) is 3. The number of anilines is 2. The van der Waals surface area contributed by atoms with E-state index >= 15 is 0 Å². The van der Waals surface area contributed by atoms with Crippen LogP contribution in [0.4, 0.5) is 16.2 Å². The van der Waals surface area contributed by atoms with Gasteiger partial charge < -0.3 is 20.3 Å². The highest BCUT2D eigenvalue weighted by molar-refractivity contribution is 7.80. The molecule has 22 heavy (non-hydrogen) atoms. The van der Waals surface area contributed by atoms with Crippen LogP contribution in [0.1, 0.15) is 0 Å². The van der Waals surface area contributed by atoms with Gasteiger partial charge in [0.25, 0.3) is 0 Å². The van der Waals surface area contributed by atoms with Crippen LogP contribution < -0.4 is 16.0 Å². The molecule has 0 aliphatic carbocycles. The Balaban J connectivity index is 0.00000441. The van der Waals surface area contributed by atoms with Crippen molar-refractivity contribution >= 4 is 53.1 Å². The summed E-state index contributed by atoms with van der Waals surface area (Å²) in [7, 11) is 4.85. The van der Waals surface area contributed by atoms with Crippen LogP contribution in [0.5, 0.6) is 0 Å². The third-order valence-corrected chi connectivity index (χ3v) is 2.51. The van der Waals surface area contributed by atoms with Crippen molar-refractivity contribution in [3.05, 3.63) is 24.3 Å². The fraction of sp³-hybridized carbons (Fsp3) is 0.308. The third-order valence-electron chi connectivity index (χ3n) is 2.31. The molecule has 3 N–H and O–H groups in total. The maximum absolute atomic E-state index is 11.8. The molecule has 2 amide bonds. The highest BCUT2D eigenvalue weighted by atomic mass is 35.5. The van der Waals surface area contributed by atoms with Crippen LogP contribution >= 0.6 is 24.6 Å². The van der Waals surface area contributed by atoms with Crippen LogP contribution in [0.25, 0.3) is 0 Å². The van der Waals surface area contributed by atoms with Gasteiger partial charge in [-0.3, -0.25) is 10.1 Å². The molecule has 1 aromatic rings. The quantitative estimate of drug-likeness (QED) is 0.719. The maximum Gasteiger partial charge on any atom is 0.413 e. The summed E-state index contributed by atoms with van der Waals surface area (Å²) in [5.74, 6) is -0.152. The Bertz CT molecular complexity index is 540. The van der Waals surface area contributed by atoms with Gasteiger partial charge in [-0.25, -0.2) is 4.79 Å². The summed E-state index contributed by atoms with van der Waals surface area (Å²) in [5, 5.41) is 8.00. The second kappa shape index (κ2) is 9.93. The number of amides is 2. The zero-order chi connectivity index (χ0) is 15.8. The highest BCUT2D eigenvalue weighted by Crippen LogP contribution is 2.20. The summed E-state index contributed by atoms with van der Waals surface area (Å²) in [5.41, 5.74) is 1.14. The number of halogens is 1. The van der Waals surface area contributed by atoms with Gasteiger partial charge >= 0.3 is 6.09 Å². The number of carbonyl (C=O) groups excluding carboxylic acids is 2. The van der Waals surface area contributed by atoms with E-state index < -0.39 is 6.09 Å². The Morgan fingerprint density at radius 1 is 1.18 bits per heavy atom. The number of likely N-dealkylation sites (N-methyl/N-ethyl adjacent to an activating group) is 1. The molecule has 0 heterocycles. The minimum atomic E-state index is -0.665. The Morgan fingerprint density at radius 3 is 2.23 bits per heavy atom. The van der Waals surface area contributed by atoms with Crippen molar-refractivity contribution in [2.45, 2.75) is 0 Å². The van der Waals surface area contributed by atoms with Gasteiger partial charge in [-0.15, -0.1) is 12.4 Å². The second-order valence-electron chi connectivity index (χ2n) is 4.40. The molecule has 7 nitrogen and oxygen atoms in total. The van der Waals surface area contributed by atoms with Crippen LogP contribution in [0, 0.1) is 0 Å². The van der Waals surface area contributed by atoms with Crippen molar-refractivity contribution in [3.8, 4) is 0 Å². The lowest BCUT2D eigenvalue weighted by atomic mass is 10.2. The monoisotopic (exact) mass is 346 g/mol. The molecule has 0 aliphatic heterocycles. The highest BCUT2D eigenvalue weighted by Gasteiger charge is 2.09. The first-order valence-electron chi connectivity index (χ1n) is 6.12. The van der Waals surface area contributed by atoms with Gasteiger partial charge in [0.2, 0.25) is 5.91 Å². The molecule has 0 aliphatic rings. The summed E-state index contributed by atoms with van der Waals surface area (Å²) in [6.07, 6.45) is -0.665. The number of rotatable bonds is 4. The van der Waals surface area contributed by atoms with Crippen LogP contribution in [-0.2, 0) is 9.53 Å². The van der Waals surface area contributed by atoms with E-state index in [0.29, 0.717) is 11.4 Å². The molecule has 0 fully saturated rings. The van der Waals surface area contributed by atoms with Gasteiger partial charge in [0.05, 0.1) is 25.0 Å². The van der Waals surface area contributed by atoms with Crippen molar-refractivity contribution in [1.29, 1.82) is 0 Å². The van der Waals surface area contributed by atoms with Gasteiger partial charge in [0, 0.05) is 0 Å². The number of methoxy groups -OCH3 is 1. The molecule has 122 valence electrons. The van der Waals surface area contributed by atoms with Gasteiger partial charge in [-0.05, 0) is 38.4 Å². The van der Waals surface area contributed by atoms with Gasteiger partial charge in [0.1, 0.15) is 0 Å². The molecular weight excluding hydrogens is 328 g/mol. The zero-order valence-electron chi connectivity index (χ0n) is 12.5. The van der Waals surface area contributed by atoms with E-state index in [-0.39, 0.29) is 30.0 Å². The largest absolute Gasteiger partial charge is 0.453 e. The zero-order valence-corrected chi connectivity index (χ0v) is 14.1. The van der Waals surface area contributed by atoms with Crippen molar-refractivity contribution in [1.82, 2.24) is 10.2 Å². The molecule has 0 saturated carbocycles. The summed E-state index contributed by atoms with van der Waals surface area (Å²) in [6, 6.07) is 7.03. The molecule has 9 heteroatoms. The van der Waals surface area contributed by atoms with Gasteiger partial charge in [0.15, 0.2) is 5.11 Å². The van der Waals surface area contributed by atoms with E-state index in [4.69, 9.17) is 12.2 Å². The number of nitrogens with one attached hydrogen (secondary N) is 3. The first-order chi connectivity index (χ1) is 9.92.